The number of rotatable bonds is 8. The molecule has 0 aromatic heterocycles. The number of aliphatic imine (C=N–C) groups is 1. The van der Waals surface area contributed by atoms with Crippen molar-refractivity contribution < 1.29 is 4.74 Å². The summed E-state index contributed by atoms with van der Waals surface area (Å²) in [7, 11) is 0. The van der Waals surface area contributed by atoms with Crippen molar-refractivity contribution in [2.75, 3.05) is 19.8 Å². The minimum Gasteiger partial charge on any atom is -0.382 e. The third-order valence-electron chi connectivity index (χ3n) is 3.57. The molecule has 0 radical (unpaired) electrons. The van der Waals surface area contributed by atoms with Crippen LogP contribution in [0.4, 0.5) is 0 Å². The number of guanidine groups is 1. The van der Waals surface area contributed by atoms with E-state index in [1.165, 1.54) is 0 Å². The maximum atomic E-state index is 5.97. The van der Waals surface area contributed by atoms with E-state index in [1.807, 2.05) is 43.3 Å². The molecule has 0 atom stereocenters. The summed E-state index contributed by atoms with van der Waals surface area (Å²) in [5, 5.41) is 3.84. The van der Waals surface area contributed by atoms with Crippen LogP contribution in [0.5, 0.6) is 0 Å². The lowest BCUT2D eigenvalue weighted by Gasteiger charge is -2.09. The van der Waals surface area contributed by atoms with Gasteiger partial charge in [0.25, 0.3) is 0 Å². The molecule has 6 heteroatoms. The van der Waals surface area contributed by atoms with Crippen molar-refractivity contribution >= 4 is 41.5 Å². The molecule has 0 unspecified atom stereocenters. The molecule has 0 aliphatic carbocycles. The summed E-state index contributed by atoms with van der Waals surface area (Å²) in [5.74, 6) is 0.456. The fraction of sp³-hybridized carbons (Fsp3) is 0.316. The van der Waals surface area contributed by atoms with Gasteiger partial charge in [0.1, 0.15) is 0 Å². The third-order valence-corrected chi connectivity index (χ3v) is 3.82. The predicted octanol–water partition coefficient (Wildman–Crippen LogP) is 4.46. The predicted molar refractivity (Wildman–Crippen MR) is 117 cm³/mol. The van der Waals surface area contributed by atoms with Crippen LogP contribution in [0.1, 0.15) is 18.9 Å². The molecule has 0 spiro atoms. The Kier molecular flexibility index (Phi) is 10.5. The maximum absolute atomic E-state index is 5.97. The number of hydrogen-bond acceptors (Lipinski definition) is 2. The van der Waals surface area contributed by atoms with Gasteiger partial charge < -0.3 is 15.8 Å². The van der Waals surface area contributed by atoms with E-state index >= 15 is 0 Å². The summed E-state index contributed by atoms with van der Waals surface area (Å²) in [5.41, 5.74) is 9.31. The van der Waals surface area contributed by atoms with Crippen molar-refractivity contribution in [3.8, 4) is 11.1 Å². The Morgan fingerprint density at radius 1 is 1.16 bits per heavy atom. The molecular weight excluding hydrogens is 449 g/mol. The fourth-order valence-corrected chi connectivity index (χ4v) is 2.46. The Morgan fingerprint density at radius 3 is 2.60 bits per heavy atom. The Morgan fingerprint density at radius 2 is 1.88 bits per heavy atom. The molecule has 25 heavy (non-hydrogen) atoms. The Balaban J connectivity index is 0.00000312. The summed E-state index contributed by atoms with van der Waals surface area (Å²) in [4.78, 5) is 4.43. The van der Waals surface area contributed by atoms with Crippen LogP contribution < -0.4 is 11.1 Å². The molecule has 0 aliphatic heterocycles. The molecule has 2 aromatic rings. The molecule has 2 rings (SSSR count). The van der Waals surface area contributed by atoms with E-state index in [2.05, 4.69) is 22.4 Å². The summed E-state index contributed by atoms with van der Waals surface area (Å²) >= 11 is 5.97. The molecular formula is C19H25ClIN3O. The van der Waals surface area contributed by atoms with Gasteiger partial charge in [0.15, 0.2) is 5.96 Å². The lowest BCUT2D eigenvalue weighted by molar-refractivity contribution is 0.145. The molecule has 0 amide bonds. The highest BCUT2D eigenvalue weighted by Gasteiger charge is 2.04. The van der Waals surface area contributed by atoms with E-state index in [4.69, 9.17) is 22.1 Å². The highest BCUT2D eigenvalue weighted by Crippen LogP contribution is 2.25. The van der Waals surface area contributed by atoms with Gasteiger partial charge in [-0.05, 0) is 42.2 Å². The average Bonchev–Trinajstić information content (AvgIpc) is 2.61. The van der Waals surface area contributed by atoms with Crippen LogP contribution in [-0.4, -0.2) is 25.7 Å². The van der Waals surface area contributed by atoms with Crippen LogP contribution in [0.25, 0.3) is 11.1 Å². The third kappa shape index (κ3) is 7.63. The Hall–Kier alpha value is -1.31. The minimum atomic E-state index is 0. The smallest absolute Gasteiger partial charge is 0.188 e. The second kappa shape index (κ2) is 12.1. The first-order valence-electron chi connectivity index (χ1n) is 8.16. The van der Waals surface area contributed by atoms with Gasteiger partial charge in [-0.3, -0.25) is 0 Å². The number of halogens is 2. The molecule has 0 aliphatic rings. The molecule has 0 saturated heterocycles. The molecule has 0 fully saturated rings. The zero-order chi connectivity index (χ0) is 17.2. The van der Waals surface area contributed by atoms with Crippen LogP contribution in [0.2, 0.25) is 5.02 Å². The number of ether oxygens (including phenoxy) is 1. The van der Waals surface area contributed by atoms with Crippen molar-refractivity contribution in [3.05, 3.63) is 59.1 Å². The molecule has 0 heterocycles. The molecule has 0 bridgehead atoms. The van der Waals surface area contributed by atoms with Gasteiger partial charge in [-0.2, -0.15) is 0 Å². The second-order valence-electron chi connectivity index (χ2n) is 5.34. The standard InChI is InChI=1S/C19H24ClN3O.HI/c1-2-24-13-5-12-22-19(21)23-14-16-6-3-4-7-18(16)15-8-10-17(20)11-9-15;/h3-4,6-11H,2,5,12-14H2,1H3,(H3,21,22,23);1H. The highest BCUT2D eigenvalue weighted by molar-refractivity contribution is 14.0. The number of benzene rings is 2. The maximum Gasteiger partial charge on any atom is 0.188 e. The minimum absolute atomic E-state index is 0. The van der Waals surface area contributed by atoms with Gasteiger partial charge in [0.2, 0.25) is 0 Å². The average molecular weight is 474 g/mol. The summed E-state index contributed by atoms with van der Waals surface area (Å²) < 4.78 is 5.29. The molecule has 0 saturated carbocycles. The van der Waals surface area contributed by atoms with Gasteiger partial charge >= 0.3 is 0 Å². The molecule has 136 valence electrons. The Bertz CT molecular complexity index is 662. The quantitative estimate of drug-likeness (QED) is 0.258. The largest absolute Gasteiger partial charge is 0.382 e. The first kappa shape index (κ1) is 21.7. The van der Waals surface area contributed by atoms with Crippen LogP contribution in [0, 0.1) is 0 Å². The van der Waals surface area contributed by atoms with Crippen LogP contribution in [0.3, 0.4) is 0 Å². The normalized spacial score (nSPS) is 11.0. The molecule has 4 nitrogen and oxygen atoms in total. The second-order valence-corrected chi connectivity index (χ2v) is 5.78. The van der Waals surface area contributed by atoms with E-state index < -0.39 is 0 Å². The van der Waals surface area contributed by atoms with Gasteiger partial charge in [-0.1, -0.05) is 48.0 Å². The van der Waals surface area contributed by atoms with Crippen molar-refractivity contribution in [3.63, 3.8) is 0 Å². The number of hydrogen-bond donors (Lipinski definition) is 2. The number of nitrogens with zero attached hydrogens (tertiary/aromatic N) is 1. The van der Waals surface area contributed by atoms with E-state index in [9.17, 15) is 0 Å². The van der Waals surface area contributed by atoms with Gasteiger partial charge in [-0.25, -0.2) is 4.99 Å². The van der Waals surface area contributed by atoms with Crippen molar-refractivity contribution in [2.24, 2.45) is 10.7 Å². The fourth-order valence-electron chi connectivity index (χ4n) is 2.33. The van der Waals surface area contributed by atoms with E-state index in [1.54, 1.807) is 0 Å². The monoisotopic (exact) mass is 473 g/mol. The van der Waals surface area contributed by atoms with Crippen LogP contribution in [0.15, 0.2) is 53.5 Å². The van der Waals surface area contributed by atoms with Crippen molar-refractivity contribution in [2.45, 2.75) is 19.9 Å². The van der Waals surface area contributed by atoms with Crippen molar-refractivity contribution in [1.82, 2.24) is 5.32 Å². The first-order chi connectivity index (χ1) is 11.7. The zero-order valence-corrected chi connectivity index (χ0v) is 17.5. The van der Waals surface area contributed by atoms with Crippen LogP contribution in [-0.2, 0) is 11.3 Å². The summed E-state index contributed by atoms with van der Waals surface area (Å²) in [6.45, 7) is 4.75. The summed E-state index contributed by atoms with van der Waals surface area (Å²) in [6, 6.07) is 16.0. The number of nitrogens with two attached hydrogens (primary N) is 1. The SMILES string of the molecule is CCOCCCNC(N)=NCc1ccccc1-c1ccc(Cl)cc1.I. The van der Waals surface area contributed by atoms with Crippen molar-refractivity contribution in [1.29, 1.82) is 0 Å². The topological polar surface area (TPSA) is 59.6 Å². The lowest BCUT2D eigenvalue weighted by atomic mass is 10.00. The molecule has 3 N–H and O–H groups in total. The first-order valence-corrected chi connectivity index (χ1v) is 8.54. The lowest BCUT2D eigenvalue weighted by Crippen LogP contribution is -2.32. The highest BCUT2D eigenvalue weighted by atomic mass is 127. The van der Waals surface area contributed by atoms with E-state index in [-0.39, 0.29) is 24.0 Å². The van der Waals surface area contributed by atoms with E-state index in [0.29, 0.717) is 12.5 Å². The molecule has 2 aromatic carbocycles. The van der Waals surface area contributed by atoms with Gasteiger partial charge in [-0.15, -0.1) is 24.0 Å². The number of nitrogens with one attached hydrogen (secondary N) is 1. The van der Waals surface area contributed by atoms with Crippen LogP contribution >= 0.6 is 35.6 Å². The Labute approximate surface area is 171 Å². The summed E-state index contributed by atoms with van der Waals surface area (Å²) in [6.07, 6.45) is 0.908. The van der Waals surface area contributed by atoms with E-state index in [0.717, 1.165) is 47.9 Å². The van der Waals surface area contributed by atoms with Gasteiger partial charge in [0, 0.05) is 24.8 Å². The zero-order valence-electron chi connectivity index (χ0n) is 14.4. The van der Waals surface area contributed by atoms with Gasteiger partial charge in [0.05, 0.1) is 6.54 Å².